The maximum absolute atomic E-state index is 13.1. The third kappa shape index (κ3) is 4.41. The number of nitrogens with two attached hydrogens (primary N) is 1. The molecule has 13 heteroatoms. The Balaban J connectivity index is 1.45. The maximum Gasteiger partial charge on any atom is 0.294 e. The highest BCUT2D eigenvalue weighted by atomic mass is 16.7. The zero-order valence-corrected chi connectivity index (χ0v) is 19.5. The number of hydrogen-bond donors (Lipinski definition) is 2. The number of rotatable bonds is 8. The molecular formula is C23H22N8O5. The first-order valence-electron chi connectivity index (χ1n) is 11.1. The normalized spacial score (nSPS) is 12.6. The molecule has 5 rings (SSSR count). The average molecular weight is 490 g/mol. The van der Waals surface area contributed by atoms with Crippen molar-refractivity contribution in [1.82, 2.24) is 30.7 Å². The van der Waals surface area contributed by atoms with Gasteiger partial charge in [-0.1, -0.05) is 12.1 Å². The number of carbonyl (C=O) groups is 1. The van der Waals surface area contributed by atoms with Crippen molar-refractivity contribution < 1.29 is 23.6 Å². The number of amides is 1. The second-order valence-corrected chi connectivity index (χ2v) is 7.75. The molecule has 3 N–H and O–H groups in total. The van der Waals surface area contributed by atoms with Gasteiger partial charge in [0.15, 0.2) is 17.2 Å². The second-order valence-electron chi connectivity index (χ2n) is 7.75. The molecule has 4 aromatic rings. The summed E-state index contributed by atoms with van der Waals surface area (Å²) in [4.78, 5) is 13.1. The molecule has 1 aliphatic heterocycles. The Morgan fingerprint density at radius 2 is 1.97 bits per heavy atom. The van der Waals surface area contributed by atoms with Gasteiger partial charge in [0.1, 0.15) is 11.4 Å². The zero-order chi connectivity index (χ0) is 25.1. The van der Waals surface area contributed by atoms with Gasteiger partial charge in [-0.05, 0) is 66.1 Å². The number of aromatic nitrogens is 5. The first-order valence-corrected chi connectivity index (χ1v) is 11.1. The van der Waals surface area contributed by atoms with E-state index in [0.29, 0.717) is 40.8 Å². The molecule has 0 bridgehead atoms. The molecule has 3 heterocycles. The Bertz CT molecular complexity index is 1430. The Morgan fingerprint density at radius 1 is 1.17 bits per heavy atom. The van der Waals surface area contributed by atoms with Crippen molar-refractivity contribution in [3.63, 3.8) is 0 Å². The van der Waals surface area contributed by atoms with E-state index in [1.807, 2.05) is 13.0 Å². The van der Waals surface area contributed by atoms with Gasteiger partial charge in [0.05, 0.1) is 12.3 Å². The minimum absolute atomic E-state index is 0.00173. The minimum atomic E-state index is -0.585. The van der Waals surface area contributed by atoms with Crippen LogP contribution in [0.15, 0.2) is 52.2 Å². The fourth-order valence-corrected chi connectivity index (χ4v) is 3.48. The highest BCUT2D eigenvalue weighted by molar-refractivity contribution is 6.02. The smallest absolute Gasteiger partial charge is 0.294 e. The summed E-state index contributed by atoms with van der Waals surface area (Å²) in [6.45, 7) is 4.54. The molecular weight excluding hydrogens is 468 g/mol. The second kappa shape index (κ2) is 9.74. The summed E-state index contributed by atoms with van der Waals surface area (Å²) in [7, 11) is 0. The number of nitrogen functional groups attached to an aromatic ring is 1. The van der Waals surface area contributed by atoms with Gasteiger partial charge in [-0.2, -0.15) is 9.78 Å². The van der Waals surface area contributed by atoms with Crippen molar-refractivity contribution in [3.8, 4) is 34.3 Å². The Morgan fingerprint density at radius 3 is 2.72 bits per heavy atom. The predicted octanol–water partition coefficient (Wildman–Crippen LogP) is 2.57. The molecule has 0 unspecified atom stereocenters. The molecule has 0 radical (unpaired) electrons. The van der Waals surface area contributed by atoms with E-state index in [9.17, 15) is 4.79 Å². The van der Waals surface area contributed by atoms with Crippen LogP contribution in [-0.2, 0) is 0 Å². The van der Waals surface area contributed by atoms with Gasteiger partial charge in [0.25, 0.3) is 5.91 Å². The highest BCUT2D eigenvalue weighted by Crippen LogP contribution is 2.32. The monoisotopic (exact) mass is 490 g/mol. The van der Waals surface area contributed by atoms with Crippen LogP contribution < -0.4 is 25.4 Å². The number of nitrogens with one attached hydrogen (secondary N) is 1. The SMILES string of the molecule is CCCOc1ccc(-c2c(C(=O)N/N=C(\C)c3ccc4c(c3)OCO4)nnn2-c2nonc2N)cc1. The van der Waals surface area contributed by atoms with Gasteiger partial charge in [0.2, 0.25) is 18.4 Å². The van der Waals surface area contributed by atoms with Gasteiger partial charge < -0.3 is 19.9 Å². The van der Waals surface area contributed by atoms with Gasteiger partial charge in [-0.15, -0.1) is 5.10 Å². The number of hydrazone groups is 1. The van der Waals surface area contributed by atoms with Gasteiger partial charge in [0, 0.05) is 11.1 Å². The lowest BCUT2D eigenvalue weighted by atomic mass is 10.1. The molecule has 0 saturated heterocycles. The van der Waals surface area contributed by atoms with Crippen molar-refractivity contribution >= 4 is 17.4 Å². The number of hydrogen-bond acceptors (Lipinski definition) is 11. The summed E-state index contributed by atoms with van der Waals surface area (Å²) in [5, 5.41) is 19.7. The Kier molecular flexibility index (Phi) is 6.18. The Labute approximate surface area is 204 Å². The number of nitrogens with zero attached hydrogens (tertiary/aromatic N) is 6. The van der Waals surface area contributed by atoms with Crippen LogP contribution in [0.5, 0.6) is 17.2 Å². The maximum atomic E-state index is 13.1. The number of fused-ring (bicyclic) bond motifs is 1. The van der Waals surface area contributed by atoms with Crippen molar-refractivity contribution in [2.45, 2.75) is 20.3 Å². The third-order valence-electron chi connectivity index (χ3n) is 5.30. The van der Waals surface area contributed by atoms with Crippen LogP contribution in [0, 0.1) is 0 Å². The summed E-state index contributed by atoms with van der Waals surface area (Å²) in [5.74, 6) is 1.47. The van der Waals surface area contributed by atoms with Crippen molar-refractivity contribution in [1.29, 1.82) is 0 Å². The molecule has 2 aromatic carbocycles. The predicted molar refractivity (Wildman–Crippen MR) is 127 cm³/mol. The van der Waals surface area contributed by atoms with E-state index >= 15 is 0 Å². The number of ether oxygens (including phenoxy) is 3. The van der Waals surface area contributed by atoms with Crippen LogP contribution in [0.4, 0.5) is 5.82 Å². The van der Waals surface area contributed by atoms with Crippen molar-refractivity contribution in [3.05, 3.63) is 53.7 Å². The van der Waals surface area contributed by atoms with E-state index in [4.69, 9.17) is 24.6 Å². The fourth-order valence-electron chi connectivity index (χ4n) is 3.48. The van der Waals surface area contributed by atoms with E-state index in [-0.39, 0.29) is 24.1 Å². The molecule has 0 spiro atoms. The molecule has 0 aliphatic carbocycles. The zero-order valence-electron chi connectivity index (χ0n) is 19.5. The molecule has 1 amide bonds. The molecule has 36 heavy (non-hydrogen) atoms. The van der Waals surface area contributed by atoms with E-state index in [1.54, 1.807) is 43.3 Å². The van der Waals surface area contributed by atoms with Gasteiger partial charge in [-0.25, -0.2) is 10.1 Å². The van der Waals surface area contributed by atoms with E-state index in [2.05, 4.69) is 31.2 Å². The molecule has 0 fully saturated rings. The lowest BCUT2D eigenvalue weighted by Gasteiger charge is -2.08. The number of anilines is 1. The fraction of sp³-hybridized carbons (Fsp3) is 0.217. The van der Waals surface area contributed by atoms with Crippen LogP contribution in [0.25, 0.3) is 17.1 Å². The van der Waals surface area contributed by atoms with E-state index in [0.717, 1.165) is 12.0 Å². The van der Waals surface area contributed by atoms with Crippen LogP contribution >= 0.6 is 0 Å². The average Bonchev–Trinajstić information content (AvgIpc) is 3.64. The first-order chi connectivity index (χ1) is 17.5. The largest absolute Gasteiger partial charge is 0.494 e. The Hall–Kier alpha value is -4.94. The summed E-state index contributed by atoms with van der Waals surface area (Å²) in [6, 6.07) is 12.5. The lowest BCUT2D eigenvalue weighted by molar-refractivity contribution is 0.0950. The molecule has 2 aromatic heterocycles. The van der Waals surface area contributed by atoms with Crippen LogP contribution in [0.2, 0.25) is 0 Å². The summed E-state index contributed by atoms with van der Waals surface area (Å²) >= 11 is 0. The first kappa shape index (κ1) is 22.8. The number of benzene rings is 2. The standard InChI is InChI=1S/C23H22N8O5/c1-3-10-33-16-7-4-14(5-8-16)20-19(26-30-31(20)22-21(24)28-36-29-22)23(32)27-25-13(2)15-6-9-17-18(11-15)35-12-34-17/h4-9,11H,3,10,12H2,1-2H3,(H2,24,28)(H,27,32)/b25-13+. The molecule has 0 atom stereocenters. The van der Waals surface area contributed by atoms with Crippen LogP contribution in [-0.4, -0.2) is 50.3 Å². The number of carbonyl (C=O) groups excluding carboxylic acids is 1. The summed E-state index contributed by atoms with van der Waals surface area (Å²) in [5.41, 5.74) is 10.7. The minimum Gasteiger partial charge on any atom is -0.494 e. The lowest BCUT2D eigenvalue weighted by Crippen LogP contribution is -2.21. The van der Waals surface area contributed by atoms with Crippen molar-refractivity contribution in [2.24, 2.45) is 5.10 Å². The summed E-state index contributed by atoms with van der Waals surface area (Å²) < 4.78 is 22.4. The highest BCUT2D eigenvalue weighted by Gasteiger charge is 2.25. The van der Waals surface area contributed by atoms with Gasteiger partial charge >= 0.3 is 0 Å². The summed E-state index contributed by atoms with van der Waals surface area (Å²) in [6.07, 6.45) is 0.882. The molecule has 1 aliphatic rings. The quantitative estimate of drug-likeness (QED) is 0.277. The van der Waals surface area contributed by atoms with Crippen LogP contribution in [0.3, 0.4) is 0 Å². The molecule has 13 nitrogen and oxygen atoms in total. The van der Waals surface area contributed by atoms with Crippen molar-refractivity contribution in [2.75, 3.05) is 19.1 Å². The third-order valence-corrected chi connectivity index (χ3v) is 5.30. The van der Waals surface area contributed by atoms with Gasteiger partial charge in [-0.3, -0.25) is 4.79 Å². The van der Waals surface area contributed by atoms with Crippen LogP contribution in [0.1, 0.15) is 36.3 Å². The molecule has 184 valence electrons. The van der Waals surface area contributed by atoms with E-state index < -0.39 is 5.91 Å². The van der Waals surface area contributed by atoms with E-state index in [1.165, 1.54) is 4.68 Å². The molecule has 0 saturated carbocycles. The topological polar surface area (TPSA) is 165 Å².